The second-order valence-electron chi connectivity index (χ2n) is 5.92. The maximum Gasteiger partial charge on any atom is 0.326 e. The molecule has 0 aromatic heterocycles. The first-order valence-electron chi connectivity index (χ1n) is 7.98. The van der Waals surface area contributed by atoms with Crippen LogP contribution >= 0.6 is 0 Å². The number of rotatable bonds is 8. The summed E-state index contributed by atoms with van der Waals surface area (Å²) in [4.78, 5) is 46.4. The molecular formula is C17H23N3O6. The van der Waals surface area contributed by atoms with Crippen molar-refractivity contribution in [1.29, 1.82) is 0 Å². The monoisotopic (exact) mass is 365 g/mol. The molecule has 9 nitrogen and oxygen atoms in total. The van der Waals surface area contributed by atoms with Gasteiger partial charge >= 0.3 is 5.97 Å². The molecule has 1 aromatic rings. The van der Waals surface area contributed by atoms with Crippen LogP contribution in [0.3, 0.4) is 0 Å². The topological polar surface area (TPSA) is 145 Å². The molecule has 9 heteroatoms. The maximum atomic E-state index is 12.2. The third kappa shape index (κ3) is 6.80. The van der Waals surface area contributed by atoms with E-state index in [0.717, 1.165) is 0 Å². The summed E-state index contributed by atoms with van der Waals surface area (Å²) in [7, 11) is 0. The molecule has 0 saturated carbocycles. The second kappa shape index (κ2) is 9.40. The Morgan fingerprint density at radius 2 is 1.42 bits per heavy atom. The number of hydrogen-bond acceptors (Lipinski definition) is 5. The second-order valence-corrected chi connectivity index (χ2v) is 5.92. The molecule has 1 rings (SSSR count). The number of aromatic hydroxyl groups is 1. The zero-order valence-electron chi connectivity index (χ0n) is 14.8. The Morgan fingerprint density at radius 3 is 1.92 bits per heavy atom. The molecule has 0 spiro atoms. The van der Waals surface area contributed by atoms with Gasteiger partial charge in [-0.1, -0.05) is 12.1 Å². The molecule has 26 heavy (non-hydrogen) atoms. The molecule has 0 heterocycles. The van der Waals surface area contributed by atoms with Crippen LogP contribution in [0.15, 0.2) is 24.3 Å². The van der Waals surface area contributed by atoms with E-state index in [4.69, 9.17) is 0 Å². The van der Waals surface area contributed by atoms with Crippen molar-refractivity contribution in [3.05, 3.63) is 29.8 Å². The van der Waals surface area contributed by atoms with E-state index >= 15 is 0 Å². The van der Waals surface area contributed by atoms with E-state index in [1.165, 1.54) is 32.9 Å². The fourth-order valence-corrected chi connectivity index (χ4v) is 2.14. The van der Waals surface area contributed by atoms with E-state index in [1.807, 2.05) is 0 Å². The molecule has 0 aliphatic heterocycles. The predicted octanol–water partition coefficient (Wildman–Crippen LogP) is -0.467. The summed E-state index contributed by atoms with van der Waals surface area (Å²) >= 11 is 0. The lowest BCUT2D eigenvalue weighted by Crippen LogP contribution is -2.54. The van der Waals surface area contributed by atoms with E-state index in [-0.39, 0.29) is 18.1 Å². The molecule has 5 N–H and O–H groups in total. The highest BCUT2D eigenvalue weighted by molar-refractivity contribution is 5.92. The summed E-state index contributed by atoms with van der Waals surface area (Å²) in [6, 6.07) is 2.94. The van der Waals surface area contributed by atoms with Crippen LogP contribution in [0.5, 0.6) is 5.75 Å². The molecular weight excluding hydrogens is 342 g/mol. The molecule has 0 aliphatic rings. The minimum absolute atomic E-state index is 0.0182. The summed E-state index contributed by atoms with van der Waals surface area (Å²) in [6.45, 7) is 4.14. The Morgan fingerprint density at radius 1 is 0.923 bits per heavy atom. The number of carbonyl (C=O) groups excluding carboxylic acids is 3. The highest BCUT2D eigenvalue weighted by Crippen LogP contribution is 2.11. The van der Waals surface area contributed by atoms with Gasteiger partial charge in [-0.2, -0.15) is 0 Å². The predicted molar refractivity (Wildman–Crippen MR) is 92.3 cm³/mol. The van der Waals surface area contributed by atoms with Gasteiger partial charge in [-0.25, -0.2) is 4.79 Å². The third-order valence-electron chi connectivity index (χ3n) is 3.56. The highest BCUT2D eigenvalue weighted by Gasteiger charge is 2.25. The fraction of sp³-hybridized carbons (Fsp3) is 0.412. The average molecular weight is 365 g/mol. The Bertz CT molecular complexity index is 674. The van der Waals surface area contributed by atoms with E-state index in [2.05, 4.69) is 16.0 Å². The summed E-state index contributed by atoms with van der Waals surface area (Å²) in [5, 5.41) is 25.7. The summed E-state index contributed by atoms with van der Waals surface area (Å²) in [6.07, 6.45) is 0.0182. The maximum absolute atomic E-state index is 12.2. The highest BCUT2D eigenvalue weighted by atomic mass is 16.4. The number of phenolic OH excluding ortho intramolecular Hbond substituents is 1. The van der Waals surface area contributed by atoms with Gasteiger partial charge in [0.2, 0.25) is 17.7 Å². The Kier molecular flexibility index (Phi) is 7.57. The number of benzene rings is 1. The first-order valence-corrected chi connectivity index (χ1v) is 7.98. The van der Waals surface area contributed by atoms with Crippen LogP contribution in [0.2, 0.25) is 0 Å². The minimum Gasteiger partial charge on any atom is -0.508 e. The van der Waals surface area contributed by atoms with Gasteiger partial charge in [0.25, 0.3) is 0 Å². The average Bonchev–Trinajstić information content (AvgIpc) is 2.55. The van der Waals surface area contributed by atoms with Gasteiger partial charge in [0, 0.05) is 13.3 Å². The molecule has 0 radical (unpaired) electrons. The molecule has 0 unspecified atom stereocenters. The first kappa shape index (κ1) is 20.9. The molecule has 0 fully saturated rings. The van der Waals surface area contributed by atoms with Crippen molar-refractivity contribution in [2.75, 3.05) is 0 Å². The molecule has 3 atom stereocenters. The number of carboxylic acids is 1. The van der Waals surface area contributed by atoms with Gasteiger partial charge in [0.05, 0.1) is 0 Å². The Hall–Kier alpha value is -3.10. The van der Waals surface area contributed by atoms with Crippen molar-refractivity contribution in [1.82, 2.24) is 16.0 Å². The van der Waals surface area contributed by atoms with E-state index in [1.54, 1.807) is 12.1 Å². The van der Waals surface area contributed by atoms with E-state index in [0.29, 0.717) is 5.56 Å². The number of carbonyl (C=O) groups is 4. The summed E-state index contributed by atoms with van der Waals surface area (Å²) in [5.74, 6) is -2.79. The van der Waals surface area contributed by atoms with Crippen LogP contribution < -0.4 is 16.0 Å². The van der Waals surface area contributed by atoms with Crippen molar-refractivity contribution < 1.29 is 29.4 Å². The fourth-order valence-electron chi connectivity index (χ4n) is 2.14. The molecule has 142 valence electrons. The molecule has 0 saturated heterocycles. The van der Waals surface area contributed by atoms with E-state index in [9.17, 15) is 29.4 Å². The third-order valence-corrected chi connectivity index (χ3v) is 3.56. The molecule has 1 aromatic carbocycles. The zero-order valence-corrected chi connectivity index (χ0v) is 14.8. The van der Waals surface area contributed by atoms with Crippen LogP contribution in [0.25, 0.3) is 0 Å². The number of aliphatic carboxylic acids is 1. The Labute approximate surface area is 150 Å². The largest absolute Gasteiger partial charge is 0.508 e. The summed E-state index contributed by atoms with van der Waals surface area (Å²) < 4.78 is 0. The molecule has 0 aliphatic carbocycles. The van der Waals surface area contributed by atoms with Gasteiger partial charge in [0.15, 0.2) is 0 Å². The normalized spacial score (nSPS) is 13.8. The van der Waals surface area contributed by atoms with Crippen molar-refractivity contribution in [3.63, 3.8) is 0 Å². The lowest BCUT2D eigenvalue weighted by Gasteiger charge is -2.20. The van der Waals surface area contributed by atoms with E-state index < -0.39 is 35.9 Å². The number of amides is 3. The lowest BCUT2D eigenvalue weighted by molar-refractivity contribution is -0.142. The van der Waals surface area contributed by atoms with Crippen molar-refractivity contribution in [2.45, 2.75) is 45.3 Å². The summed E-state index contributed by atoms with van der Waals surface area (Å²) in [5.41, 5.74) is 0.617. The SMILES string of the molecule is CC(=O)N[C@@H](C)C(=O)N[C@@H](C)C(=O)N[C@@H](Cc1ccc(O)cc1)C(=O)O. The zero-order chi connectivity index (χ0) is 19.9. The van der Waals surface area contributed by atoms with Gasteiger partial charge in [-0.05, 0) is 31.5 Å². The smallest absolute Gasteiger partial charge is 0.326 e. The lowest BCUT2D eigenvalue weighted by atomic mass is 10.1. The first-order chi connectivity index (χ1) is 12.1. The molecule has 3 amide bonds. The number of carboxylic acid groups (broad SMARTS) is 1. The van der Waals surface area contributed by atoms with Crippen LogP contribution in [-0.4, -0.2) is 52.0 Å². The standard InChI is InChI=1S/C17H23N3O6/c1-9(18-11(3)21)15(23)19-10(2)16(24)20-14(17(25)26)8-12-4-6-13(22)7-5-12/h4-7,9-10,14,22H,8H2,1-3H3,(H,18,21)(H,19,23)(H,20,24)(H,25,26)/t9-,10-,14-/m0/s1. The number of phenols is 1. The van der Waals surface area contributed by atoms with Crippen LogP contribution in [0.1, 0.15) is 26.3 Å². The van der Waals surface area contributed by atoms with Gasteiger partial charge in [0.1, 0.15) is 23.9 Å². The van der Waals surface area contributed by atoms with Crippen molar-refractivity contribution in [2.24, 2.45) is 0 Å². The van der Waals surface area contributed by atoms with Gasteiger partial charge in [-0.15, -0.1) is 0 Å². The number of hydrogen-bond donors (Lipinski definition) is 5. The number of nitrogens with one attached hydrogen (secondary N) is 3. The van der Waals surface area contributed by atoms with Crippen molar-refractivity contribution in [3.8, 4) is 5.75 Å². The van der Waals surface area contributed by atoms with Gasteiger partial charge < -0.3 is 26.2 Å². The molecule has 0 bridgehead atoms. The Balaban J connectivity index is 2.65. The van der Waals surface area contributed by atoms with Gasteiger partial charge in [-0.3, -0.25) is 14.4 Å². The van der Waals surface area contributed by atoms with Crippen LogP contribution in [-0.2, 0) is 25.6 Å². The minimum atomic E-state index is -1.23. The van der Waals surface area contributed by atoms with Crippen LogP contribution in [0, 0.1) is 0 Å². The van der Waals surface area contributed by atoms with Crippen molar-refractivity contribution >= 4 is 23.7 Å². The quantitative estimate of drug-likeness (QED) is 0.421. The van der Waals surface area contributed by atoms with Crippen LogP contribution in [0.4, 0.5) is 0 Å².